The molecule has 1 aromatic heterocycles. The molecule has 0 aromatic carbocycles. The summed E-state index contributed by atoms with van der Waals surface area (Å²) in [4.78, 5) is 4.32. The van der Waals surface area contributed by atoms with Crippen molar-refractivity contribution in [3.8, 4) is 0 Å². The van der Waals surface area contributed by atoms with Crippen LogP contribution in [0.4, 0.5) is 0 Å². The zero-order chi connectivity index (χ0) is 9.10. The number of imidazole rings is 1. The maximum absolute atomic E-state index is 4.32. The van der Waals surface area contributed by atoms with Crippen molar-refractivity contribution in [2.24, 2.45) is 0 Å². The molecule has 1 aromatic rings. The zero-order valence-electron chi connectivity index (χ0n) is 8.16. The largest absolute Gasteiger partial charge is 0.334 e. The number of aryl methyl sites for hydroxylation is 1. The summed E-state index contributed by atoms with van der Waals surface area (Å²) in [6.45, 7) is 4.09. The number of rotatable bonds is 4. The molecule has 0 unspecified atom stereocenters. The fraction of sp³-hybridized carbons (Fsp3) is 0.700. The van der Waals surface area contributed by atoms with Crippen molar-refractivity contribution in [3.05, 3.63) is 18.2 Å². The highest BCUT2D eigenvalue weighted by molar-refractivity contribution is 4.92. The van der Waals surface area contributed by atoms with Gasteiger partial charge < -0.3 is 9.88 Å². The van der Waals surface area contributed by atoms with E-state index >= 15 is 0 Å². The molecule has 0 bridgehead atoms. The minimum absolute atomic E-state index is 0.752. The Hall–Kier alpha value is -0.830. The molecule has 1 fully saturated rings. The molecular weight excluding hydrogens is 162 g/mol. The lowest BCUT2D eigenvalue weighted by atomic mass is 9.93. The second kappa shape index (κ2) is 3.92. The molecule has 1 heterocycles. The van der Waals surface area contributed by atoms with Gasteiger partial charge in [0.1, 0.15) is 5.82 Å². The average Bonchev–Trinajstić information content (AvgIpc) is 2.49. The van der Waals surface area contributed by atoms with Gasteiger partial charge in [0.2, 0.25) is 0 Å². The number of nitrogens with zero attached hydrogens (tertiary/aromatic N) is 2. The maximum atomic E-state index is 4.32. The van der Waals surface area contributed by atoms with Gasteiger partial charge in [-0.05, 0) is 19.8 Å². The second-order valence-corrected chi connectivity index (χ2v) is 3.64. The van der Waals surface area contributed by atoms with Crippen LogP contribution in [0.5, 0.6) is 0 Å². The number of hydrogen-bond donors (Lipinski definition) is 1. The first kappa shape index (κ1) is 8.75. The summed E-state index contributed by atoms with van der Waals surface area (Å²) in [7, 11) is 0. The third-order valence-corrected chi connectivity index (χ3v) is 2.80. The van der Waals surface area contributed by atoms with Gasteiger partial charge in [-0.3, -0.25) is 0 Å². The first-order valence-corrected chi connectivity index (χ1v) is 5.13. The zero-order valence-corrected chi connectivity index (χ0v) is 8.16. The van der Waals surface area contributed by atoms with Gasteiger partial charge in [-0.2, -0.15) is 0 Å². The first-order valence-electron chi connectivity index (χ1n) is 5.13. The molecule has 0 spiro atoms. The summed E-state index contributed by atoms with van der Waals surface area (Å²) >= 11 is 0. The summed E-state index contributed by atoms with van der Waals surface area (Å²) in [6, 6.07) is 0.752. The molecule has 0 amide bonds. The van der Waals surface area contributed by atoms with Crippen LogP contribution in [0.2, 0.25) is 0 Å². The van der Waals surface area contributed by atoms with Crippen molar-refractivity contribution in [2.45, 2.75) is 45.3 Å². The van der Waals surface area contributed by atoms with Crippen molar-refractivity contribution in [1.82, 2.24) is 14.9 Å². The van der Waals surface area contributed by atoms with E-state index in [-0.39, 0.29) is 0 Å². The summed E-state index contributed by atoms with van der Waals surface area (Å²) in [6.07, 6.45) is 7.98. The van der Waals surface area contributed by atoms with E-state index in [9.17, 15) is 0 Å². The highest BCUT2D eigenvalue weighted by atomic mass is 15.1. The van der Waals surface area contributed by atoms with Gasteiger partial charge in [-0.25, -0.2) is 4.98 Å². The van der Waals surface area contributed by atoms with Crippen LogP contribution in [0.25, 0.3) is 0 Å². The monoisotopic (exact) mass is 179 g/mol. The van der Waals surface area contributed by atoms with E-state index in [0.29, 0.717) is 0 Å². The number of nitrogens with one attached hydrogen (secondary N) is 1. The van der Waals surface area contributed by atoms with Crippen LogP contribution in [0.3, 0.4) is 0 Å². The number of hydrogen-bond acceptors (Lipinski definition) is 2. The Morgan fingerprint density at radius 3 is 3.08 bits per heavy atom. The quantitative estimate of drug-likeness (QED) is 0.760. The van der Waals surface area contributed by atoms with Gasteiger partial charge >= 0.3 is 0 Å². The maximum Gasteiger partial charge on any atom is 0.122 e. The molecule has 1 aliphatic carbocycles. The molecule has 0 atom stereocenters. The van der Waals surface area contributed by atoms with Crippen LogP contribution in [0.15, 0.2) is 12.4 Å². The minimum atomic E-state index is 0.752. The molecule has 72 valence electrons. The third-order valence-electron chi connectivity index (χ3n) is 2.80. The smallest absolute Gasteiger partial charge is 0.122 e. The standard InChI is InChI=1S/C10H17N3/c1-2-13-7-6-11-10(13)8-12-9-4-3-5-9/h6-7,9,12H,2-5,8H2,1H3. The Bertz CT molecular complexity index is 263. The molecule has 0 radical (unpaired) electrons. The topological polar surface area (TPSA) is 29.9 Å². The van der Waals surface area contributed by atoms with Crippen molar-refractivity contribution >= 4 is 0 Å². The molecule has 1 N–H and O–H groups in total. The highest BCUT2D eigenvalue weighted by Gasteiger charge is 2.16. The van der Waals surface area contributed by atoms with Gasteiger partial charge in [0.05, 0.1) is 6.54 Å². The fourth-order valence-electron chi connectivity index (χ4n) is 1.64. The van der Waals surface area contributed by atoms with E-state index in [4.69, 9.17) is 0 Å². The Balaban J connectivity index is 1.85. The minimum Gasteiger partial charge on any atom is -0.334 e. The van der Waals surface area contributed by atoms with Crippen LogP contribution in [-0.2, 0) is 13.1 Å². The molecular formula is C10H17N3. The van der Waals surface area contributed by atoms with E-state index in [1.165, 1.54) is 19.3 Å². The predicted molar refractivity (Wildman–Crippen MR) is 52.4 cm³/mol. The van der Waals surface area contributed by atoms with Gasteiger partial charge in [-0.1, -0.05) is 6.42 Å². The van der Waals surface area contributed by atoms with Crippen LogP contribution in [-0.4, -0.2) is 15.6 Å². The fourth-order valence-corrected chi connectivity index (χ4v) is 1.64. The van der Waals surface area contributed by atoms with E-state index in [0.717, 1.165) is 25.0 Å². The molecule has 0 saturated heterocycles. The lowest BCUT2D eigenvalue weighted by Gasteiger charge is -2.26. The summed E-state index contributed by atoms with van der Waals surface area (Å²) < 4.78 is 2.19. The lowest BCUT2D eigenvalue weighted by molar-refractivity contribution is 0.333. The average molecular weight is 179 g/mol. The lowest BCUT2D eigenvalue weighted by Crippen LogP contribution is -2.35. The van der Waals surface area contributed by atoms with Crippen LogP contribution < -0.4 is 5.32 Å². The molecule has 0 aliphatic heterocycles. The van der Waals surface area contributed by atoms with Crippen molar-refractivity contribution in [3.63, 3.8) is 0 Å². The molecule has 13 heavy (non-hydrogen) atoms. The van der Waals surface area contributed by atoms with E-state index in [2.05, 4.69) is 21.8 Å². The summed E-state index contributed by atoms with van der Waals surface area (Å²) in [5.41, 5.74) is 0. The van der Waals surface area contributed by atoms with Crippen LogP contribution in [0, 0.1) is 0 Å². The Morgan fingerprint density at radius 2 is 2.46 bits per heavy atom. The molecule has 3 nitrogen and oxygen atoms in total. The summed E-state index contributed by atoms with van der Waals surface area (Å²) in [5, 5.41) is 3.51. The van der Waals surface area contributed by atoms with Crippen molar-refractivity contribution in [2.75, 3.05) is 0 Å². The van der Waals surface area contributed by atoms with Gasteiger partial charge in [0.25, 0.3) is 0 Å². The van der Waals surface area contributed by atoms with Crippen LogP contribution in [0.1, 0.15) is 32.0 Å². The summed E-state index contributed by atoms with van der Waals surface area (Å²) in [5.74, 6) is 1.16. The van der Waals surface area contributed by atoms with Crippen LogP contribution >= 0.6 is 0 Å². The highest BCUT2D eigenvalue weighted by Crippen LogP contribution is 2.18. The second-order valence-electron chi connectivity index (χ2n) is 3.64. The Morgan fingerprint density at radius 1 is 1.62 bits per heavy atom. The Kier molecular flexibility index (Phi) is 2.64. The van der Waals surface area contributed by atoms with Crippen molar-refractivity contribution < 1.29 is 0 Å². The molecule has 1 saturated carbocycles. The van der Waals surface area contributed by atoms with Gasteiger partial charge in [-0.15, -0.1) is 0 Å². The van der Waals surface area contributed by atoms with Gasteiger partial charge in [0, 0.05) is 25.0 Å². The SMILES string of the molecule is CCn1ccnc1CNC1CCC1. The molecule has 2 rings (SSSR count). The number of aromatic nitrogens is 2. The van der Waals surface area contributed by atoms with Crippen molar-refractivity contribution in [1.29, 1.82) is 0 Å². The van der Waals surface area contributed by atoms with Gasteiger partial charge in [0.15, 0.2) is 0 Å². The molecule has 3 heteroatoms. The first-order chi connectivity index (χ1) is 6.40. The van der Waals surface area contributed by atoms with E-state index < -0.39 is 0 Å². The van der Waals surface area contributed by atoms with E-state index in [1.807, 2.05) is 12.4 Å². The third kappa shape index (κ3) is 1.91. The normalized spacial score (nSPS) is 17.3. The van der Waals surface area contributed by atoms with E-state index in [1.54, 1.807) is 0 Å². The predicted octanol–water partition coefficient (Wildman–Crippen LogP) is 1.55. The molecule has 1 aliphatic rings. The Labute approximate surface area is 79.2 Å².